The second-order valence-electron chi connectivity index (χ2n) is 9.69. The molecule has 0 saturated carbocycles. The fraction of sp³-hybridized carbons (Fsp3) is 0.300. The van der Waals surface area contributed by atoms with Gasteiger partial charge in [0.05, 0.1) is 40.9 Å². The van der Waals surface area contributed by atoms with Crippen LogP contribution < -0.4 is 14.4 Å². The summed E-state index contributed by atoms with van der Waals surface area (Å²) >= 11 is 9.89. The molecule has 5 rings (SSSR count). The lowest BCUT2D eigenvalue weighted by Gasteiger charge is -2.24. The van der Waals surface area contributed by atoms with Gasteiger partial charge in [0.25, 0.3) is 5.91 Å². The Balaban J connectivity index is 1.52. The van der Waals surface area contributed by atoms with Gasteiger partial charge in [-0.1, -0.05) is 66.2 Å². The van der Waals surface area contributed by atoms with Crippen molar-refractivity contribution in [1.82, 2.24) is 15.2 Å². The first-order chi connectivity index (χ1) is 20.7. The molecule has 224 valence electrons. The number of methoxy groups -OCH3 is 1. The van der Waals surface area contributed by atoms with E-state index in [1.807, 2.05) is 24.3 Å². The summed E-state index contributed by atoms with van der Waals surface area (Å²) in [5.41, 5.74) is 2.08. The van der Waals surface area contributed by atoms with Crippen LogP contribution >= 0.6 is 46.0 Å². The van der Waals surface area contributed by atoms with Crippen molar-refractivity contribution in [3.8, 4) is 11.5 Å². The van der Waals surface area contributed by atoms with E-state index < -0.39 is 23.5 Å². The minimum atomic E-state index is -0.984. The van der Waals surface area contributed by atoms with E-state index in [0.717, 1.165) is 18.4 Å². The lowest BCUT2D eigenvalue weighted by Crippen LogP contribution is -2.31. The van der Waals surface area contributed by atoms with Crippen LogP contribution in [0.5, 0.6) is 11.5 Å². The fourth-order valence-corrected chi connectivity index (χ4v) is 7.42. The van der Waals surface area contributed by atoms with E-state index in [0.29, 0.717) is 54.4 Å². The van der Waals surface area contributed by atoms with Gasteiger partial charge in [0.2, 0.25) is 10.9 Å². The van der Waals surface area contributed by atoms with Crippen molar-refractivity contribution in [2.24, 2.45) is 0 Å². The third-order valence-electron chi connectivity index (χ3n) is 6.70. The van der Waals surface area contributed by atoms with Gasteiger partial charge in [-0.2, -0.15) is 0 Å². The van der Waals surface area contributed by atoms with Crippen LogP contribution in [0.25, 0.3) is 0 Å². The number of aromatic nitrogens is 3. The van der Waals surface area contributed by atoms with Gasteiger partial charge >= 0.3 is 0 Å². The number of unbranched alkanes of at least 4 members (excludes halogenated alkanes) is 1. The van der Waals surface area contributed by atoms with Crippen molar-refractivity contribution >= 4 is 62.9 Å². The van der Waals surface area contributed by atoms with Crippen molar-refractivity contribution in [1.29, 1.82) is 0 Å². The van der Waals surface area contributed by atoms with Crippen LogP contribution in [0.4, 0.5) is 5.13 Å². The molecule has 0 fully saturated rings. The highest BCUT2D eigenvalue weighted by atomic mass is 35.5. The zero-order valence-electron chi connectivity index (χ0n) is 23.9. The van der Waals surface area contributed by atoms with Gasteiger partial charge in [-0.15, -0.1) is 21.5 Å². The summed E-state index contributed by atoms with van der Waals surface area (Å²) in [6.45, 7) is 6.14. The van der Waals surface area contributed by atoms with Crippen molar-refractivity contribution in [3.63, 3.8) is 0 Å². The van der Waals surface area contributed by atoms with Gasteiger partial charge in [-0.05, 0) is 55.7 Å². The van der Waals surface area contributed by atoms with E-state index in [-0.39, 0.29) is 10.7 Å². The third kappa shape index (κ3) is 6.57. The summed E-state index contributed by atoms with van der Waals surface area (Å²) in [4.78, 5) is 33.7. The van der Waals surface area contributed by atoms with Gasteiger partial charge in [0.1, 0.15) is 0 Å². The Morgan fingerprint density at radius 1 is 1.12 bits per heavy atom. The van der Waals surface area contributed by atoms with E-state index in [4.69, 9.17) is 21.1 Å². The molecule has 1 aliphatic rings. The number of amides is 1. The number of thiazole rings is 1. The molecule has 2 aromatic carbocycles. The second kappa shape index (κ2) is 13.5. The first kappa shape index (κ1) is 31.0. The first-order valence-electron chi connectivity index (χ1n) is 13.5. The Labute approximate surface area is 266 Å². The number of aliphatic hydroxyl groups is 1. The van der Waals surface area contributed by atoms with E-state index in [2.05, 4.69) is 22.1 Å². The zero-order chi connectivity index (χ0) is 30.7. The van der Waals surface area contributed by atoms with Crippen molar-refractivity contribution in [2.45, 2.75) is 49.7 Å². The average Bonchev–Trinajstić information content (AvgIpc) is 3.68. The topological polar surface area (TPSA) is 115 Å². The maximum absolute atomic E-state index is 14.0. The average molecular weight is 657 g/mol. The maximum Gasteiger partial charge on any atom is 0.296 e. The SMILES string of the molecule is CCCCOc1ccc(C2C(C(=O)c3sc(C)nc3C)=C(O)C(=O)N2c2nnc(SCc3ccc(Cl)cc3)s2)cc1OC. The highest BCUT2D eigenvalue weighted by Crippen LogP contribution is 2.46. The standard InChI is InChI=1S/C30H29ClN4O5S3/c1-5-6-13-40-21-12-9-19(14-22(21)39-4)24-23(25(36)27-16(2)32-17(3)42-27)26(37)28(38)35(24)29-33-34-30(43-29)41-15-18-7-10-20(31)11-8-18/h7-12,14,24,37H,5-6,13,15H2,1-4H3. The summed E-state index contributed by atoms with van der Waals surface area (Å²) in [6, 6.07) is 11.8. The Kier molecular flexibility index (Phi) is 9.70. The molecule has 13 heteroatoms. The predicted octanol–water partition coefficient (Wildman–Crippen LogP) is 7.53. The van der Waals surface area contributed by atoms with Crippen LogP contribution in [0.15, 0.2) is 58.1 Å². The number of rotatable bonds is 12. The van der Waals surface area contributed by atoms with Crippen molar-refractivity contribution < 1.29 is 24.2 Å². The van der Waals surface area contributed by atoms with E-state index in [1.165, 1.54) is 46.4 Å². The Hall–Kier alpha value is -3.45. The number of hydrogen-bond acceptors (Lipinski definition) is 11. The first-order valence-corrected chi connectivity index (χ1v) is 16.5. The number of ketones is 1. The molecule has 0 saturated heterocycles. The van der Waals surface area contributed by atoms with Crippen LogP contribution in [0.2, 0.25) is 5.02 Å². The van der Waals surface area contributed by atoms with Crippen LogP contribution in [0.3, 0.4) is 0 Å². The number of anilines is 1. The van der Waals surface area contributed by atoms with Gasteiger partial charge in [-0.3, -0.25) is 14.5 Å². The normalized spacial score (nSPS) is 15.0. The minimum absolute atomic E-state index is 0.0518. The molecule has 1 amide bonds. The van der Waals surface area contributed by atoms with Gasteiger partial charge < -0.3 is 14.6 Å². The number of aliphatic hydroxyl groups excluding tert-OH is 1. The molecule has 9 nitrogen and oxygen atoms in total. The number of halogens is 1. The summed E-state index contributed by atoms with van der Waals surface area (Å²) in [5, 5.41) is 21.4. The number of ether oxygens (including phenoxy) is 2. The molecular weight excluding hydrogens is 628 g/mol. The van der Waals surface area contributed by atoms with Crippen LogP contribution in [0, 0.1) is 13.8 Å². The van der Waals surface area contributed by atoms with E-state index >= 15 is 0 Å². The second-order valence-corrected chi connectivity index (χ2v) is 13.5. The van der Waals surface area contributed by atoms with Crippen LogP contribution in [-0.4, -0.2) is 45.7 Å². The molecule has 4 aromatic rings. The minimum Gasteiger partial charge on any atom is -0.503 e. The fourth-order valence-electron chi connectivity index (χ4n) is 4.60. The summed E-state index contributed by atoms with van der Waals surface area (Å²) in [7, 11) is 1.53. The smallest absolute Gasteiger partial charge is 0.296 e. The molecule has 3 heterocycles. The monoisotopic (exact) mass is 656 g/mol. The molecular formula is C30H29ClN4O5S3. The molecule has 43 heavy (non-hydrogen) atoms. The predicted molar refractivity (Wildman–Crippen MR) is 170 cm³/mol. The number of aryl methyl sites for hydroxylation is 2. The molecule has 1 unspecified atom stereocenters. The number of thioether (sulfide) groups is 1. The molecule has 1 aliphatic heterocycles. The number of benzene rings is 2. The van der Waals surface area contributed by atoms with Crippen LogP contribution in [0.1, 0.15) is 57.3 Å². The number of carbonyl (C=O) groups excluding carboxylic acids is 2. The third-order valence-corrected chi connectivity index (χ3v) is 10.1. The molecule has 0 aliphatic carbocycles. The quantitative estimate of drug-likeness (QED) is 0.0715. The lowest BCUT2D eigenvalue weighted by atomic mass is 9.95. The number of nitrogens with zero attached hydrogens (tertiary/aromatic N) is 4. The number of hydrogen-bond donors (Lipinski definition) is 1. The largest absolute Gasteiger partial charge is 0.503 e. The Morgan fingerprint density at radius 3 is 2.56 bits per heavy atom. The van der Waals surface area contributed by atoms with E-state index in [9.17, 15) is 14.7 Å². The van der Waals surface area contributed by atoms with Crippen LogP contribution in [-0.2, 0) is 10.5 Å². The Morgan fingerprint density at radius 2 is 1.88 bits per heavy atom. The van der Waals surface area contributed by atoms with Gasteiger partial charge in [-0.25, -0.2) is 4.98 Å². The zero-order valence-corrected chi connectivity index (χ0v) is 27.1. The number of carbonyl (C=O) groups is 2. The Bertz CT molecular complexity index is 1690. The lowest BCUT2D eigenvalue weighted by molar-refractivity contribution is -0.117. The van der Waals surface area contributed by atoms with Crippen molar-refractivity contribution in [2.75, 3.05) is 18.6 Å². The summed E-state index contributed by atoms with van der Waals surface area (Å²) in [6.07, 6.45) is 1.86. The summed E-state index contributed by atoms with van der Waals surface area (Å²) in [5.74, 6) is -0.224. The molecule has 0 spiro atoms. The molecule has 0 radical (unpaired) electrons. The highest BCUT2D eigenvalue weighted by Gasteiger charge is 2.47. The van der Waals surface area contributed by atoms with E-state index in [1.54, 1.807) is 32.0 Å². The molecule has 0 bridgehead atoms. The maximum atomic E-state index is 14.0. The molecule has 1 N–H and O–H groups in total. The highest BCUT2D eigenvalue weighted by molar-refractivity contribution is 8.00. The molecule has 2 aromatic heterocycles. The number of Topliss-reactive ketones (excluding diaryl/α,β-unsaturated/α-hetero) is 1. The van der Waals surface area contributed by atoms with Crippen molar-refractivity contribution in [3.05, 3.63) is 85.5 Å². The molecule has 1 atom stereocenters. The van der Waals surface area contributed by atoms with Gasteiger partial charge in [0, 0.05) is 10.8 Å². The summed E-state index contributed by atoms with van der Waals surface area (Å²) < 4.78 is 12.2. The van der Waals surface area contributed by atoms with Gasteiger partial charge in [0.15, 0.2) is 21.6 Å².